The van der Waals surface area contributed by atoms with E-state index in [1.165, 1.54) is 0 Å². The molecule has 0 aromatic heterocycles. The molecule has 0 N–H and O–H groups in total. The second-order valence-electron chi connectivity index (χ2n) is 3.31. The third-order valence-electron chi connectivity index (χ3n) is 2.01. The van der Waals surface area contributed by atoms with E-state index in [4.69, 9.17) is 21.1 Å². The van der Waals surface area contributed by atoms with E-state index in [2.05, 4.69) is 0 Å². The average Bonchev–Trinajstić information content (AvgIpc) is 2.22. The van der Waals surface area contributed by atoms with Gasteiger partial charge in [-0.15, -0.1) is 0 Å². The van der Waals surface area contributed by atoms with Crippen molar-refractivity contribution in [2.45, 2.75) is 20.3 Å². The summed E-state index contributed by atoms with van der Waals surface area (Å²) in [7, 11) is 0. The molecule has 0 unspecified atom stereocenters. The van der Waals surface area contributed by atoms with Crippen LogP contribution < -0.4 is 4.74 Å². The number of hydrogen-bond donors (Lipinski definition) is 0. The highest BCUT2D eigenvalue weighted by molar-refractivity contribution is 6.30. The van der Waals surface area contributed by atoms with Gasteiger partial charge < -0.3 is 9.47 Å². The Morgan fingerprint density at radius 3 is 2.81 bits per heavy atom. The highest BCUT2D eigenvalue weighted by atomic mass is 35.5. The molecular formula is C12H15ClO3. The molecule has 0 aliphatic carbocycles. The molecule has 1 rings (SSSR count). The van der Waals surface area contributed by atoms with Crippen molar-refractivity contribution in [3.05, 3.63) is 28.8 Å². The number of hydrogen-bond acceptors (Lipinski definition) is 3. The van der Waals surface area contributed by atoms with Crippen LogP contribution >= 0.6 is 11.6 Å². The van der Waals surface area contributed by atoms with Crippen LogP contribution in [0.4, 0.5) is 0 Å². The third-order valence-corrected chi connectivity index (χ3v) is 2.24. The van der Waals surface area contributed by atoms with Gasteiger partial charge in [0.05, 0.1) is 19.6 Å². The van der Waals surface area contributed by atoms with Crippen LogP contribution in [0.1, 0.15) is 18.9 Å². The summed E-state index contributed by atoms with van der Waals surface area (Å²) in [6.07, 6.45) is 0.260. The molecule has 0 saturated carbocycles. The van der Waals surface area contributed by atoms with Crippen LogP contribution in [-0.2, 0) is 9.53 Å². The SMILES string of the molecule is CCOC(=O)CCOc1ccc(Cl)cc1C. The van der Waals surface area contributed by atoms with Crippen molar-refractivity contribution in [1.29, 1.82) is 0 Å². The molecule has 1 aromatic carbocycles. The lowest BCUT2D eigenvalue weighted by atomic mass is 10.2. The maximum atomic E-state index is 11.0. The Kier molecular flexibility index (Phi) is 5.12. The molecule has 0 amide bonds. The zero-order valence-corrected chi connectivity index (χ0v) is 10.2. The predicted molar refractivity (Wildman–Crippen MR) is 62.9 cm³/mol. The number of carbonyl (C=O) groups is 1. The first-order valence-electron chi connectivity index (χ1n) is 5.18. The van der Waals surface area contributed by atoms with Gasteiger partial charge in [-0.1, -0.05) is 11.6 Å². The van der Waals surface area contributed by atoms with E-state index in [9.17, 15) is 4.79 Å². The minimum absolute atomic E-state index is 0.242. The summed E-state index contributed by atoms with van der Waals surface area (Å²) in [4.78, 5) is 11.0. The Hall–Kier alpha value is -1.22. The van der Waals surface area contributed by atoms with Crippen LogP contribution in [0.2, 0.25) is 5.02 Å². The lowest BCUT2D eigenvalue weighted by Crippen LogP contribution is -2.09. The Bertz CT molecular complexity index is 363. The first kappa shape index (κ1) is 12.8. The topological polar surface area (TPSA) is 35.5 Å². The van der Waals surface area contributed by atoms with Gasteiger partial charge in [-0.25, -0.2) is 0 Å². The second-order valence-corrected chi connectivity index (χ2v) is 3.75. The first-order chi connectivity index (χ1) is 7.63. The summed E-state index contributed by atoms with van der Waals surface area (Å²) in [6, 6.07) is 5.37. The van der Waals surface area contributed by atoms with Crippen LogP contribution in [0.3, 0.4) is 0 Å². The molecule has 0 radical (unpaired) electrons. The molecule has 0 saturated heterocycles. The van der Waals surface area contributed by atoms with Crippen molar-refractivity contribution in [2.75, 3.05) is 13.2 Å². The molecule has 0 bridgehead atoms. The molecule has 0 fully saturated rings. The van der Waals surface area contributed by atoms with Crippen LogP contribution in [0.5, 0.6) is 5.75 Å². The van der Waals surface area contributed by atoms with Crippen molar-refractivity contribution in [1.82, 2.24) is 0 Å². The van der Waals surface area contributed by atoms with Crippen molar-refractivity contribution in [2.24, 2.45) is 0 Å². The molecule has 0 aliphatic heterocycles. The van der Waals surface area contributed by atoms with E-state index < -0.39 is 0 Å². The van der Waals surface area contributed by atoms with Crippen LogP contribution in [0.25, 0.3) is 0 Å². The maximum Gasteiger partial charge on any atom is 0.309 e. The van der Waals surface area contributed by atoms with E-state index >= 15 is 0 Å². The number of halogens is 1. The predicted octanol–water partition coefficient (Wildman–Crippen LogP) is 2.98. The first-order valence-corrected chi connectivity index (χ1v) is 5.56. The van der Waals surface area contributed by atoms with Crippen molar-refractivity contribution in [3.8, 4) is 5.75 Å². The summed E-state index contributed by atoms with van der Waals surface area (Å²) in [5.41, 5.74) is 0.955. The number of ether oxygens (including phenoxy) is 2. The molecule has 3 nitrogen and oxygen atoms in total. The lowest BCUT2D eigenvalue weighted by molar-refractivity contribution is -0.143. The number of esters is 1. The molecule has 16 heavy (non-hydrogen) atoms. The molecule has 88 valence electrons. The number of carbonyl (C=O) groups excluding carboxylic acids is 1. The minimum Gasteiger partial charge on any atom is -0.493 e. The summed E-state index contributed by atoms with van der Waals surface area (Å²) in [5.74, 6) is 0.503. The van der Waals surface area contributed by atoms with Gasteiger partial charge in [-0.2, -0.15) is 0 Å². The molecular weight excluding hydrogens is 228 g/mol. The summed E-state index contributed by atoms with van der Waals surface area (Å²) >= 11 is 5.81. The van der Waals surface area contributed by atoms with Gasteiger partial charge in [0, 0.05) is 5.02 Å². The van der Waals surface area contributed by atoms with Crippen LogP contribution in [0.15, 0.2) is 18.2 Å². The Balaban J connectivity index is 2.40. The molecule has 0 spiro atoms. The standard InChI is InChI=1S/C12H15ClO3/c1-3-15-12(14)6-7-16-11-5-4-10(13)8-9(11)2/h4-5,8H,3,6-7H2,1-2H3. The fourth-order valence-corrected chi connectivity index (χ4v) is 1.48. The Morgan fingerprint density at radius 2 is 2.19 bits per heavy atom. The van der Waals surface area contributed by atoms with E-state index in [1.807, 2.05) is 13.0 Å². The fourth-order valence-electron chi connectivity index (χ4n) is 1.25. The van der Waals surface area contributed by atoms with Crippen molar-refractivity contribution < 1.29 is 14.3 Å². The largest absolute Gasteiger partial charge is 0.493 e. The summed E-state index contributed by atoms with van der Waals surface area (Å²) in [5, 5.41) is 0.676. The van der Waals surface area contributed by atoms with E-state index in [1.54, 1.807) is 19.1 Å². The normalized spacial score (nSPS) is 9.94. The monoisotopic (exact) mass is 242 g/mol. The lowest BCUT2D eigenvalue weighted by Gasteiger charge is -2.08. The van der Waals surface area contributed by atoms with Crippen molar-refractivity contribution >= 4 is 17.6 Å². The highest BCUT2D eigenvalue weighted by Gasteiger charge is 2.04. The van der Waals surface area contributed by atoms with Crippen molar-refractivity contribution in [3.63, 3.8) is 0 Å². The van der Waals surface area contributed by atoms with E-state index in [0.29, 0.717) is 18.2 Å². The smallest absolute Gasteiger partial charge is 0.309 e. The van der Waals surface area contributed by atoms with Gasteiger partial charge in [0.1, 0.15) is 5.75 Å². The van der Waals surface area contributed by atoms with Crippen LogP contribution in [0, 0.1) is 6.92 Å². The van der Waals surface area contributed by atoms with Gasteiger partial charge in [0.25, 0.3) is 0 Å². The Morgan fingerprint density at radius 1 is 1.44 bits per heavy atom. The zero-order chi connectivity index (χ0) is 12.0. The van der Waals surface area contributed by atoms with Gasteiger partial charge in [-0.05, 0) is 37.6 Å². The van der Waals surface area contributed by atoms with Gasteiger partial charge >= 0.3 is 5.97 Å². The number of aryl methyl sites for hydroxylation is 1. The molecule has 1 aromatic rings. The summed E-state index contributed by atoms with van der Waals surface area (Å²) in [6.45, 7) is 4.41. The molecule has 4 heteroatoms. The molecule has 0 aliphatic rings. The minimum atomic E-state index is -0.242. The molecule has 0 heterocycles. The quantitative estimate of drug-likeness (QED) is 0.745. The zero-order valence-electron chi connectivity index (χ0n) is 9.46. The van der Waals surface area contributed by atoms with Gasteiger partial charge in [0.15, 0.2) is 0 Å². The second kappa shape index (κ2) is 6.38. The third kappa shape index (κ3) is 4.11. The van der Waals surface area contributed by atoms with Gasteiger partial charge in [-0.3, -0.25) is 4.79 Å². The maximum absolute atomic E-state index is 11.0. The van der Waals surface area contributed by atoms with E-state index in [-0.39, 0.29) is 12.4 Å². The van der Waals surface area contributed by atoms with E-state index in [0.717, 1.165) is 11.3 Å². The number of rotatable bonds is 5. The van der Waals surface area contributed by atoms with Gasteiger partial charge in [0.2, 0.25) is 0 Å². The highest BCUT2D eigenvalue weighted by Crippen LogP contribution is 2.21. The van der Waals surface area contributed by atoms with Crippen LogP contribution in [-0.4, -0.2) is 19.2 Å². The Labute approximate surface area is 100 Å². The summed E-state index contributed by atoms with van der Waals surface area (Å²) < 4.78 is 10.2. The molecule has 0 atom stereocenters. The number of benzene rings is 1. The average molecular weight is 243 g/mol. The fraction of sp³-hybridized carbons (Fsp3) is 0.417.